The van der Waals surface area contributed by atoms with Gasteiger partial charge in [-0.1, -0.05) is 18.2 Å². The van der Waals surface area contributed by atoms with Crippen molar-refractivity contribution in [2.75, 3.05) is 49.7 Å². The predicted molar refractivity (Wildman–Crippen MR) is 120 cm³/mol. The number of anilines is 2. The van der Waals surface area contributed by atoms with E-state index in [-0.39, 0.29) is 28.5 Å². The number of carbonyl (C=O) groups is 1. The maximum absolute atomic E-state index is 13.2. The summed E-state index contributed by atoms with van der Waals surface area (Å²) in [4.78, 5) is 28.7. The van der Waals surface area contributed by atoms with Gasteiger partial charge in [-0.25, -0.2) is 0 Å². The molecule has 2 atom stereocenters. The molecule has 0 saturated carbocycles. The van der Waals surface area contributed by atoms with Crippen molar-refractivity contribution in [1.82, 2.24) is 5.32 Å². The molecular formula is C23H28N4O4. The largest absolute Gasteiger partial charge is 0.385 e. The van der Waals surface area contributed by atoms with Gasteiger partial charge >= 0.3 is 0 Å². The molecule has 1 fully saturated rings. The summed E-state index contributed by atoms with van der Waals surface area (Å²) in [6.07, 6.45) is 1.25. The smallest absolute Gasteiger partial charge is 0.269 e. The zero-order valence-electron chi connectivity index (χ0n) is 17.7. The van der Waals surface area contributed by atoms with Gasteiger partial charge in [-0.2, -0.15) is 0 Å². The fraction of sp³-hybridized carbons (Fsp3) is 0.435. The van der Waals surface area contributed by atoms with Gasteiger partial charge < -0.3 is 19.9 Å². The molecule has 2 aromatic carbocycles. The van der Waals surface area contributed by atoms with Gasteiger partial charge in [-0.15, -0.1) is 0 Å². The van der Waals surface area contributed by atoms with Gasteiger partial charge in [-0.05, 0) is 36.6 Å². The van der Waals surface area contributed by atoms with Crippen molar-refractivity contribution in [3.63, 3.8) is 0 Å². The lowest BCUT2D eigenvalue weighted by atomic mass is 9.83. The number of nitrogens with one attached hydrogen (secondary N) is 1. The van der Waals surface area contributed by atoms with Crippen LogP contribution in [0.3, 0.4) is 0 Å². The average Bonchev–Trinajstić information content (AvgIpc) is 2.81. The van der Waals surface area contributed by atoms with E-state index in [1.807, 2.05) is 24.3 Å². The van der Waals surface area contributed by atoms with Crippen LogP contribution in [0.4, 0.5) is 17.1 Å². The summed E-state index contributed by atoms with van der Waals surface area (Å²) in [5.41, 5.74) is 3.10. The molecule has 2 unspecified atom stereocenters. The number of piperazine rings is 1. The minimum absolute atomic E-state index is 0.00169. The van der Waals surface area contributed by atoms with Crippen molar-refractivity contribution in [3.8, 4) is 0 Å². The molecule has 0 aliphatic carbocycles. The highest BCUT2D eigenvalue weighted by atomic mass is 16.6. The maximum atomic E-state index is 13.2. The molecule has 2 aliphatic rings. The van der Waals surface area contributed by atoms with Crippen LogP contribution in [0, 0.1) is 16.0 Å². The number of hydrogen-bond donors (Lipinski definition) is 1. The number of amides is 1. The Kier molecular flexibility index (Phi) is 6.36. The van der Waals surface area contributed by atoms with E-state index in [1.54, 1.807) is 19.2 Å². The number of nitro groups is 1. The van der Waals surface area contributed by atoms with Crippen LogP contribution in [0.25, 0.3) is 0 Å². The lowest BCUT2D eigenvalue weighted by Crippen LogP contribution is -2.61. The molecule has 1 saturated heterocycles. The van der Waals surface area contributed by atoms with Gasteiger partial charge in [-0.3, -0.25) is 14.9 Å². The minimum atomic E-state index is -0.375. The second-order valence-corrected chi connectivity index (χ2v) is 8.06. The van der Waals surface area contributed by atoms with E-state index in [2.05, 4.69) is 27.2 Å². The van der Waals surface area contributed by atoms with E-state index in [9.17, 15) is 14.9 Å². The van der Waals surface area contributed by atoms with Gasteiger partial charge in [0.1, 0.15) is 0 Å². The average molecular weight is 425 g/mol. The third kappa shape index (κ3) is 4.49. The predicted octanol–water partition coefficient (Wildman–Crippen LogP) is 2.62. The maximum Gasteiger partial charge on any atom is 0.269 e. The van der Waals surface area contributed by atoms with Crippen LogP contribution in [-0.4, -0.2) is 56.8 Å². The van der Waals surface area contributed by atoms with Gasteiger partial charge in [0.15, 0.2) is 0 Å². The topological polar surface area (TPSA) is 87.9 Å². The van der Waals surface area contributed by atoms with E-state index in [0.717, 1.165) is 43.0 Å². The number of rotatable bonds is 7. The van der Waals surface area contributed by atoms with Gasteiger partial charge in [0.05, 0.1) is 16.9 Å². The Balaban J connectivity index is 1.60. The normalized spacial score (nSPS) is 20.0. The third-order valence-corrected chi connectivity index (χ3v) is 6.19. The van der Waals surface area contributed by atoms with Crippen LogP contribution in [0.5, 0.6) is 0 Å². The molecule has 0 aromatic heterocycles. The number of benzene rings is 2. The highest BCUT2D eigenvalue weighted by Gasteiger charge is 2.42. The van der Waals surface area contributed by atoms with Crippen molar-refractivity contribution < 1.29 is 14.5 Å². The van der Waals surface area contributed by atoms with Crippen molar-refractivity contribution in [3.05, 3.63) is 64.2 Å². The van der Waals surface area contributed by atoms with E-state index in [4.69, 9.17) is 4.74 Å². The summed E-state index contributed by atoms with van der Waals surface area (Å²) < 4.78 is 5.07. The fourth-order valence-electron chi connectivity index (χ4n) is 4.66. The van der Waals surface area contributed by atoms with Crippen molar-refractivity contribution in [2.45, 2.75) is 18.9 Å². The number of fused-ring (bicyclic) bond motifs is 3. The Morgan fingerprint density at radius 1 is 1.23 bits per heavy atom. The molecule has 31 heavy (non-hydrogen) atoms. The first-order valence-electron chi connectivity index (χ1n) is 10.7. The van der Waals surface area contributed by atoms with Crippen molar-refractivity contribution >= 4 is 23.0 Å². The molecule has 2 heterocycles. The third-order valence-electron chi connectivity index (χ3n) is 6.19. The number of non-ortho nitro benzene ring substituents is 1. The number of ether oxygens (including phenoxy) is 1. The molecule has 164 valence electrons. The van der Waals surface area contributed by atoms with Crippen LogP contribution in [0.15, 0.2) is 48.5 Å². The molecule has 0 spiro atoms. The Morgan fingerprint density at radius 2 is 2.03 bits per heavy atom. The number of nitro benzene ring substituents is 1. The Morgan fingerprint density at radius 3 is 2.77 bits per heavy atom. The number of nitrogens with zero attached hydrogens (tertiary/aromatic N) is 3. The second-order valence-electron chi connectivity index (χ2n) is 8.06. The zero-order valence-corrected chi connectivity index (χ0v) is 17.7. The molecule has 1 amide bonds. The van der Waals surface area contributed by atoms with Gasteiger partial charge in [0.2, 0.25) is 5.91 Å². The molecule has 8 heteroatoms. The highest BCUT2D eigenvalue weighted by Crippen LogP contribution is 2.38. The Bertz CT molecular complexity index is 936. The van der Waals surface area contributed by atoms with Crippen LogP contribution < -0.4 is 15.1 Å². The molecule has 4 rings (SSSR count). The van der Waals surface area contributed by atoms with Gasteiger partial charge in [0, 0.05) is 63.4 Å². The van der Waals surface area contributed by atoms with Crippen LogP contribution in [0.1, 0.15) is 12.0 Å². The fourth-order valence-corrected chi connectivity index (χ4v) is 4.66. The SMILES string of the molecule is COCCCNC(=O)C1Cc2cc([N+](=O)[O-])ccc2N2CCN(c3ccccc3)CC12. The lowest BCUT2D eigenvalue weighted by Gasteiger charge is -2.49. The lowest BCUT2D eigenvalue weighted by molar-refractivity contribution is -0.384. The first-order valence-corrected chi connectivity index (χ1v) is 10.7. The highest BCUT2D eigenvalue weighted by molar-refractivity contribution is 5.82. The summed E-state index contributed by atoms with van der Waals surface area (Å²) in [6.45, 7) is 3.48. The van der Waals surface area contributed by atoms with E-state index in [1.165, 1.54) is 0 Å². The summed E-state index contributed by atoms with van der Waals surface area (Å²) in [5, 5.41) is 14.3. The first-order chi connectivity index (χ1) is 15.1. The molecule has 1 N–H and O–H groups in total. The van der Waals surface area contributed by atoms with Crippen molar-refractivity contribution in [2.24, 2.45) is 5.92 Å². The van der Waals surface area contributed by atoms with Gasteiger partial charge in [0.25, 0.3) is 5.69 Å². The molecular weight excluding hydrogens is 396 g/mol. The first kappa shape index (κ1) is 21.1. The zero-order chi connectivity index (χ0) is 21.8. The van der Waals surface area contributed by atoms with Crippen LogP contribution in [-0.2, 0) is 16.0 Å². The molecule has 8 nitrogen and oxygen atoms in total. The summed E-state index contributed by atoms with van der Waals surface area (Å²) in [6, 6.07) is 15.3. The number of methoxy groups -OCH3 is 1. The Labute approximate surface area is 181 Å². The number of carbonyl (C=O) groups excluding carboxylic acids is 1. The molecule has 2 aliphatic heterocycles. The molecule has 0 radical (unpaired) electrons. The Hall–Kier alpha value is -3.13. The van der Waals surface area contributed by atoms with E-state index < -0.39 is 0 Å². The molecule has 2 aromatic rings. The standard InChI is InChI=1S/C23H28N4O4/c1-31-13-5-10-24-23(28)20-15-17-14-19(27(29)30)8-9-21(17)26-12-11-25(16-22(20)26)18-6-3-2-4-7-18/h2-4,6-9,14,20,22H,5,10-13,15-16H2,1H3,(H,24,28). The van der Waals surface area contributed by atoms with E-state index in [0.29, 0.717) is 19.6 Å². The van der Waals surface area contributed by atoms with Crippen LogP contribution >= 0.6 is 0 Å². The molecule has 0 bridgehead atoms. The monoisotopic (exact) mass is 424 g/mol. The summed E-state index contributed by atoms with van der Waals surface area (Å²) in [7, 11) is 1.64. The summed E-state index contributed by atoms with van der Waals surface area (Å²) in [5.74, 6) is -0.276. The quantitative estimate of drug-likeness (QED) is 0.418. The van der Waals surface area contributed by atoms with Crippen LogP contribution in [0.2, 0.25) is 0 Å². The van der Waals surface area contributed by atoms with Crippen molar-refractivity contribution in [1.29, 1.82) is 0 Å². The van der Waals surface area contributed by atoms with E-state index >= 15 is 0 Å². The number of hydrogen-bond acceptors (Lipinski definition) is 6. The second kappa shape index (κ2) is 9.34. The number of para-hydroxylation sites is 1. The summed E-state index contributed by atoms with van der Waals surface area (Å²) >= 11 is 0. The minimum Gasteiger partial charge on any atom is -0.385 e.